The summed E-state index contributed by atoms with van der Waals surface area (Å²) in [6.45, 7) is 8.58. The van der Waals surface area contributed by atoms with Crippen LogP contribution in [0.2, 0.25) is 0 Å². The molecule has 0 saturated heterocycles. The fourth-order valence-corrected chi connectivity index (χ4v) is 1.48. The molecule has 0 N–H and O–H groups in total. The topological polar surface area (TPSA) is 71.1 Å². The van der Waals surface area contributed by atoms with Gasteiger partial charge in [0.15, 0.2) is 0 Å². The molecule has 0 bridgehead atoms. The maximum atomic E-state index is 13.9. The van der Waals surface area contributed by atoms with Crippen LogP contribution in [0.25, 0.3) is 0 Å². The molecular weight excluding hydrogens is 364 g/mol. The molecule has 26 heavy (non-hydrogen) atoms. The lowest BCUT2D eigenvalue weighted by atomic mass is 10.2. The van der Waals surface area contributed by atoms with Gasteiger partial charge in [-0.1, -0.05) is 0 Å². The van der Waals surface area contributed by atoms with E-state index in [1.54, 1.807) is 0 Å². The highest BCUT2D eigenvalue weighted by Crippen LogP contribution is 2.35. The van der Waals surface area contributed by atoms with E-state index < -0.39 is 58.3 Å². The van der Waals surface area contributed by atoms with Crippen molar-refractivity contribution in [1.82, 2.24) is 0 Å². The van der Waals surface area contributed by atoms with Crippen LogP contribution in [0.3, 0.4) is 0 Å². The second kappa shape index (κ2) is 7.38. The first kappa shape index (κ1) is 21.5. The van der Waals surface area contributed by atoms with Crippen LogP contribution in [0, 0.1) is 23.3 Å². The Balaban J connectivity index is 3.17. The Morgan fingerprint density at radius 3 is 1.04 bits per heavy atom. The fourth-order valence-electron chi connectivity index (χ4n) is 1.48. The van der Waals surface area contributed by atoms with Gasteiger partial charge in [-0.15, -0.1) is 0 Å². The summed E-state index contributed by atoms with van der Waals surface area (Å²) in [6.07, 6.45) is -3.18. The molecule has 0 amide bonds. The monoisotopic (exact) mass is 382 g/mol. The first-order valence-corrected chi connectivity index (χ1v) is 7.30. The molecule has 6 nitrogen and oxygen atoms in total. The van der Waals surface area contributed by atoms with Crippen molar-refractivity contribution in [2.45, 2.75) is 52.7 Å². The number of carbonyl (C=O) groups excluding carboxylic acids is 2. The first-order chi connectivity index (χ1) is 11.6. The standard InChI is InChI=1S/C16H18F4O6/c1-15(2,3)25-13(21)23-11-7(17)9(19)12(10(20)8(11)18)24-14(22)26-16(4,5)6/h1-6H3. The average molecular weight is 382 g/mol. The number of ether oxygens (including phenoxy) is 4. The van der Waals surface area contributed by atoms with E-state index in [0.29, 0.717) is 0 Å². The third-order valence-corrected chi connectivity index (χ3v) is 2.33. The molecule has 0 aliphatic rings. The van der Waals surface area contributed by atoms with Crippen LogP contribution < -0.4 is 9.47 Å². The van der Waals surface area contributed by atoms with E-state index in [-0.39, 0.29) is 0 Å². The minimum atomic E-state index is -2.09. The minimum Gasteiger partial charge on any atom is -0.428 e. The van der Waals surface area contributed by atoms with E-state index >= 15 is 0 Å². The molecule has 0 atom stereocenters. The summed E-state index contributed by atoms with van der Waals surface area (Å²) >= 11 is 0. The Morgan fingerprint density at radius 1 is 0.615 bits per heavy atom. The molecule has 0 aliphatic heterocycles. The maximum Gasteiger partial charge on any atom is 0.514 e. The summed E-state index contributed by atoms with van der Waals surface area (Å²) in [4.78, 5) is 22.9. The molecule has 1 aromatic carbocycles. The third kappa shape index (κ3) is 5.78. The highest BCUT2D eigenvalue weighted by Gasteiger charge is 2.33. The Bertz CT molecular complexity index is 629. The minimum absolute atomic E-state index is 1.08. The van der Waals surface area contributed by atoms with Crippen LogP contribution in [-0.4, -0.2) is 23.5 Å². The van der Waals surface area contributed by atoms with E-state index in [2.05, 4.69) is 18.9 Å². The van der Waals surface area contributed by atoms with Crippen LogP contribution in [-0.2, 0) is 9.47 Å². The van der Waals surface area contributed by atoms with Gasteiger partial charge in [-0.3, -0.25) is 0 Å². The van der Waals surface area contributed by atoms with Crippen LogP contribution in [0.15, 0.2) is 0 Å². The second-order valence-electron chi connectivity index (χ2n) is 7.05. The SMILES string of the molecule is CC(C)(C)OC(=O)Oc1c(F)c(F)c(OC(=O)OC(C)(C)C)c(F)c1F. The lowest BCUT2D eigenvalue weighted by Crippen LogP contribution is -2.27. The quantitative estimate of drug-likeness (QED) is 0.315. The molecule has 1 aromatic rings. The van der Waals surface area contributed by atoms with Crippen molar-refractivity contribution in [2.24, 2.45) is 0 Å². The van der Waals surface area contributed by atoms with Crippen molar-refractivity contribution >= 4 is 12.3 Å². The average Bonchev–Trinajstić information content (AvgIpc) is 2.42. The lowest BCUT2D eigenvalue weighted by molar-refractivity contribution is 0.0154. The van der Waals surface area contributed by atoms with Gasteiger partial charge in [0.25, 0.3) is 0 Å². The van der Waals surface area contributed by atoms with Crippen LogP contribution in [0.4, 0.5) is 27.2 Å². The van der Waals surface area contributed by atoms with Crippen molar-refractivity contribution < 1.29 is 46.1 Å². The van der Waals surface area contributed by atoms with E-state index in [9.17, 15) is 27.2 Å². The van der Waals surface area contributed by atoms with Gasteiger partial charge in [-0.2, -0.15) is 17.6 Å². The van der Waals surface area contributed by atoms with Crippen LogP contribution >= 0.6 is 0 Å². The predicted octanol–water partition coefficient (Wildman–Crippen LogP) is 4.87. The zero-order valence-corrected chi connectivity index (χ0v) is 15.0. The second-order valence-corrected chi connectivity index (χ2v) is 7.05. The van der Waals surface area contributed by atoms with Gasteiger partial charge in [0.05, 0.1) is 0 Å². The molecule has 1 rings (SSSR count). The number of carbonyl (C=O) groups is 2. The Morgan fingerprint density at radius 2 is 0.846 bits per heavy atom. The predicted molar refractivity (Wildman–Crippen MR) is 80.0 cm³/mol. The molecule has 0 saturated carbocycles. The fraction of sp³-hybridized carbons (Fsp3) is 0.500. The van der Waals surface area contributed by atoms with Gasteiger partial charge in [0, 0.05) is 0 Å². The summed E-state index contributed by atoms with van der Waals surface area (Å²) < 4.78 is 73.4. The van der Waals surface area contributed by atoms with Gasteiger partial charge in [0.1, 0.15) is 11.2 Å². The molecule has 0 spiro atoms. The number of halogens is 4. The molecule has 0 radical (unpaired) electrons. The number of hydrogen-bond donors (Lipinski definition) is 0. The van der Waals surface area contributed by atoms with E-state index in [1.165, 1.54) is 41.5 Å². The molecule has 0 heterocycles. The summed E-state index contributed by atoms with van der Waals surface area (Å²) in [6, 6.07) is 0. The molecule has 0 aromatic heterocycles. The summed E-state index contributed by atoms with van der Waals surface area (Å²) in [7, 11) is 0. The maximum absolute atomic E-state index is 13.9. The van der Waals surface area contributed by atoms with Gasteiger partial charge in [-0.25, -0.2) is 9.59 Å². The third-order valence-electron chi connectivity index (χ3n) is 2.33. The highest BCUT2D eigenvalue weighted by molar-refractivity contribution is 5.66. The molecule has 0 aliphatic carbocycles. The summed E-state index contributed by atoms with van der Waals surface area (Å²) in [5.74, 6) is -11.7. The van der Waals surface area contributed by atoms with E-state index in [0.717, 1.165) is 0 Å². The highest BCUT2D eigenvalue weighted by atomic mass is 19.2. The van der Waals surface area contributed by atoms with E-state index in [4.69, 9.17) is 0 Å². The van der Waals surface area contributed by atoms with Gasteiger partial charge >= 0.3 is 12.3 Å². The van der Waals surface area contributed by atoms with Gasteiger partial charge < -0.3 is 18.9 Å². The van der Waals surface area contributed by atoms with Gasteiger partial charge in [0.2, 0.25) is 34.8 Å². The summed E-state index contributed by atoms with van der Waals surface area (Å²) in [5.41, 5.74) is -2.16. The van der Waals surface area contributed by atoms with Crippen molar-refractivity contribution in [3.8, 4) is 11.5 Å². The molecule has 0 fully saturated rings. The zero-order chi connectivity index (χ0) is 20.4. The van der Waals surface area contributed by atoms with Crippen molar-refractivity contribution in [1.29, 1.82) is 0 Å². The largest absolute Gasteiger partial charge is 0.514 e. The lowest BCUT2D eigenvalue weighted by Gasteiger charge is -2.20. The van der Waals surface area contributed by atoms with Crippen LogP contribution in [0.5, 0.6) is 11.5 Å². The smallest absolute Gasteiger partial charge is 0.428 e. The number of rotatable bonds is 2. The van der Waals surface area contributed by atoms with Gasteiger partial charge in [-0.05, 0) is 41.5 Å². The van der Waals surface area contributed by atoms with Crippen molar-refractivity contribution in [2.75, 3.05) is 0 Å². The molecule has 10 heteroatoms. The van der Waals surface area contributed by atoms with Crippen LogP contribution in [0.1, 0.15) is 41.5 Å². The van der Waals surface area contributed by atoms with Crippen molar-refractivity contribution in [3.05, 3.63) is 23.3 Å². The number of hydrogen-bond acceptors (Lipinski definition) is 6. The molecule has 146 valence electrons. The summed E-state index contributed by atoms with van der Waals surface area (Å²) in [5, 5.41) is 0. The first-order valence-electron chi connectivity index (χ1n) is 7.30. The number of benzene rings is 1. The van der Waals surface area contributed by atoms with E-state index in [1.807, 2.05) is 0 Å². The Labute approximate surface area is 147 Å². The molecule has 0 unspecified atom stereocenters. The zero-order valence-electron chi connectivity index (χ0n) is 15.0. The Hall–Kier alpha value is -2.52. The molecular formula is C16H18F4O6. The van der Waals surface area contributed by atoms with Crippen molar-refractivity contribution in [3.63, 3.8) is 0 Å². The normalized spacial score (nSPS) is 11.8. The Kier molecular flexibility index (Phi) is 6.11.